The van der Waals surface area contributed by atoms with Gasteiger partial charge in [-0.15, -0.1) is 0 Å². The zero-order valence-electron chi connectivity index (χ0n) is 36.2. The number of hydrogen-bond donors (Lipinski definition) is 0. The Balaban J connectivity index is 4.77. The van der Waals surface area contributed by atoms with E-state index in [1.165, 1.54) is 167 Å². The van der Waals surface area contributed by atoms with Crippen molar-refractivity contribution in [1.29, 1.82) is 0 Å². The summed E-state index contributed by atoms with van der Waals surface area (Å²) < 4.78 is 18.7. The summed E-state index contributed by atoms with van der Waals surface area (Å²) in [6.45, 7) is 8.25. The molecule has 1 unspecified atom stereocenters. The van der Waals surface area contributed by atoms with E-state index in [1.54, 1.807) is 0 Å². The van der Waals surface area contributed by atoms with Crippen LogP contribution in [0.1, 0.15) is 233 Å². The van der Waals surface area contributed by atoms with Gasteiger partial charge in [-0.2, -0.15) is 0 Å². The van der Waals surface area contributed by atoms with E-state index >= 15 is 0 Å². The van der Waals surface area contributed by atoms with Crippen LogP contribution in [0.25, 0.3) is 0 Å². The van der Waals surface area contributed by atoms with Crippen LogP contribution in [0.15, 0.2) is 0 Å². The Labute approximate surface area is 325 Å². The van der Waals surface area contributed by atoms with Crippen LogP contribution >= 0.6 is 0 Å². The standard InChI is InChI=1S/C46H92NO5/c1-7-10-13-16-19-22-24-27-30-33-36-39-45(49)52-43-46(47(4,5)6,41-50-40-37-34-31-28-25-23-20-17-14-11-8-2)42-51-44(48)38-35-32-29-26-21-18-15-12-9-3/h7-43H2,1-6H3/q+1. The molecule has 0 saturated heterocycles. The molecule has 0 heterocycles. The SMILES string of the molecule is CCCCCCCCCCCCCOCC(COC(=O)CCCCCCCCCCC)(COC(=O)CCCCCCCCCCCCC)[N+](C)(C)C. The molecular weight excluding hydrogens is 647 g/mol. The summed E-state index contributed by atoms with van der Waals surface area (Å²) in [6.07, 6.45) is 40.0. The van der Waals surface area contributed by atoms with Crippen LogP contribution in [0.3, 0.4) is 0 Å². The quantitative estimate of drug-likeness (QED) is 0.0355. The number of likely N-dealkylation sites (N-methyl/N-ethyl adjacent to an activating group) is 1. The number of carbonyl (C=O) groups excluding carboxylic acids is 2. The third-order valence-corrected chi connectivity index (χ3v) is 11.2. The molecule has 1 atom stereocenters. The molecule has 6 heteroatoms. The number of ether oxygens (including phenoxy) is 3. The lowest BCUT2D eigenvalue weighted by Gasteiger charge is -2.44. The zero-order chi connectivity index (χ0) is 38.4. The van der Waals surface area contributed by atoms with E-state index in [0.717, 1.165) is 32.1 Å². The molecule has 0 aliphatic rings. The van der Waals surface area contributed by atoms with Gasteiger partial charge in [0.1, 0.15) is 6.61 Å². The van der Waals surface area contributed by atoms with E-state index in [1.807, 2.05) is 0 Å². The third-order valence-electron chi connectivity index (χ3n) is 11.2. The van der Waals surface area contributed by atoms with Crippen molar-refractivity contribution in [2.45, 2.75) is 238 Å². The molecule has 0 aromatic heterocycles. The maximum absolute atomic E-state index is 12.9. The third kappa shape index (κ3) is 31.2. The van der Waals surface area contributed by atoms with Gasteiger partial charge in [-0.3, -0.25) is 9.59 Å². The van der Waals surface area contributed by atoms with Crippen LogP contribution in [0.2, 0.25) is 0 Å². The Bertz CT molecular complexity index is 781. The summed E-state index contributed by atoms with van der Waals surface area (Å²) >= 11 is 0. The summed E-state index contributed by atoms with van der Waals surface area (Å²) in [4.78, 5) is 25.8. The van der Waals surface area contributed by atoms with Gasteiger partial charge in [0.25, 0.3) is 0 Å². The minimum atomic E-state index is -0.654. The van der Waals surface area contributed by atoms with Crippen LogP contribution in [-0.4, -0.2) is 69.5 Å². The smallest absolute Gasteiger partial charge is 0.306 e. The summed E-state index contributed by atoms with van der Waals surface area (Å²) in [5.41, 5.74) is -0.654. The Morgan fingerprint density at radius 2 is 0.654 bits per heavy atom. The van der Waals surface area contributed by atoms with Crippen molar-refractivity contribution in [3.63, 3.8) is 0 Å². The highest BCUT2D eigenvalue weighted by Crippen LogP contribution is 2.23. The minimum absolute atomic E-state index is 0.153. The van der Waals surface area contributed by atoms with Gasteiger partial charge in [0.15, 0.2) is 18.8 Å². The lowest BCUT2D eigenvalue weighted by Crippen LogP contribution is -2.65. The Morgan fingerprint density at radius 3 is 0.942 bits per heavy atom. The predicted octanol–water partition coefficient (Wildman–Crippen LogP) is 13.5. The highest BCUT2D eigenvalue weighted by atomic mass is 16.6. The molecule has 0 aliphatic heterocycles. The molecule has 0 radical (unpaired) electrons. The van der Waals surface area contributed by atoms with Gasteiger partial charge in [-0.25, -0.2) is 0 Å². The number of esters is 2. The normalized spacial score (nSPS) is 13.0. The molecule has 0 rings (SSSR count). The number of rotatable bonds is 41. The Hall–Kier alpha value is -1.14. The molecule has 0 aromatic carbocycles. The summed E-state index contributed by atoms with van der Waals surface area (Å²) in [5.74, 6) is -0.307. The van der Waals surface area contributed by atoms with Crippen LogP contribution in [-0.2, 0) is 23.8 Å². The fourth-order valence-corrected chi connectivity index (χ4v) is 6.92. The van der Waals surface area contributed by atoms with Crippen LogP contribution in [0.4, 0.5) is 0 Å². The molecule has 52 heavy (non-hydrogen) atoms. The van der Waals surface area contributed by atoms with Crippen LogP contribution in [0.5, 0.6) is 0 Å². The zero-order valence-corrected chi connectivity index (χ0v) is 36.2. The van der Waals surface area contributed by atoms with E-state index in [2.05, 4.69) is 41.9 Å². The molecule has 6 nitrogen and oxygen atoms in total. The monoisotopic (exact) mass is 739 g/mol. The molecule has 0 fully saturated rings. The fourth-order valence-electron chi connectivity index (χ4n) is 6.92. The highest BCUT2D eigenvalue weighted by Gasteiger charge is 2.46. The van der Waals surface area contributed by atoms with Crippen LogP contribution in [0, 0.1) is 0 Å². The first kappa shape index (κ1) is 50.9. The largest absolute Gasteiger partial charge is 0.459 e. The summed E-state index contributed by atoms with van der Waals surface area (Å²) in [7, 11) is 6.28. The van der Waals surface area contributed by atoms with Crippen molar-refractivity contribution in [3.05, 3.63) is 0 Å². The molecule has 0 amide bonds. The fraction of sp³-hybridized carbons (Fsp3) is 0.957. The molecule has 0 saturated carbocycles. The molecule has 0 N–H and O–H groups in total. The molecule has 310 valence electrons. The van der Waals surface area contributed by atoms with E-state index in [9.17, 15) is 9.59 Å². The van der Waals surface area contributed by atoms with E-state index in [-0.39, 0.29) is 25.2 Å². The second-order valence-electron chi connectivity index (χ2n) is 17.0. The van der Waals surface area contributed by atoms with Gasteiger partial charge >= 0.3 is 11.9 Å². The first-order chi connectivity index (χ1) is 25.2. The maximum Gasteiger partial charge on any atom is 0.306 e. The predicted molar refractivity (Wildman–Crippen MR) is 223 cm³/mol. The van der Waals surface area contributed by atoms with Gasteiger partial charge in [0, 0.05) is 19.4 Å². The average Bonchev–Trinajstić information content (AvgIpc) is 3.12. The van der Waals surface area contributed by atoms with Gasteiger partial charge < -0.3 is 18.7 Å². The number of unbranched alkanes of at least 4 members (excludes halogenated alkanes) is 28. The van der Waals surface area contributed by atoms with Crippen molar-refractivity contribution in [3.8, 4) is 0 Å². The number of quaternary nitrogens is 1. The second-order valence-corrected chi connectivity index (χ2v) is 17.0. The van der Waals surface area contributed by atoms with Crippen molar-refractivity contribution in [1.82, 2.24) is 0 Å². The Morgan fingerprint density at radius 1 is 0.385 bits per heavy atom. The van der Waals surface area contributed by atoms with Gasteiger partial charge in [-0.1, -0.05) is 201 Å². The minimum Gasteiger partial charge on any atom is -0.459 e. The first-order valence-corrected chi connectivity index (χ1v) is 22.9. The maximum atomic E-state index is 12.9. The molecule has 0 spiro atoms. The second kappa shape index (κ2) is 36.8. The molecule has 0 bridgehead atoms. The summed E-state index contributed by atoms with van der Waals surface area (Å²) in [5, 5.41) is 0. The molecule has 0 aliphatic carbocycles. The summed E-state index contributed by atoms with van der Waals surface area (Å²) in [6, 6.07) is 0. The number of hydrogen-bond acceptors (Lipinski definition) is 5. The highest BCUT2D eigenvalue weighted by molar-refractivity contribution is 5.70. The van der Waals surface area contributed by atoms with Crippen molar-refractivity contribution in [2.75, 3.05) is 47.6 Å². The van der Waals surface area contributed by atoms with Crippen molar-refractivity contribution in [2.24, 2.45) is 0 Å². The Kier molecular flexibility index (Phi) is 36.0. The van der Waals surface area contributed by atoms with Gasteiger partial charge in [0.2, 0.25) is 0 Å². The lowest BCUT2D eigenvalue weighted by molar-refractivity contribution is -0.925. The van der Waals surface area contributed by atoms with E-state index in [0.29, 0.717) is 30.5 Å². The lowest BCUT2D eigenvalue weighted by atomic mass is 9.98. The first-order valence-electron chi connectivity index (χ1n) is 22.9. The number of carbonyl (C=O) groups is 2. The molecular formula is C46H92NO5+. The van der Waals surface area contributed by atoms with E-state index in [4.69, 9.17) is 14.2 Å². The van der Waals surface area contributed by atoms with Crippen molar-refractivity contribution < 1.29 is 28.3 Å². The number of nitrogens with zero attached hydrogens (tertiary/aromatic N) is 1. The van der Waals surface area contributed by atoms with Gasteiger partial charge in [-0.05, 0) is 19.3 Å². The van der Waals surface area contributed by atoms with E-state index < -0.39 is 5.54 Å². The van der Waals surface area contributed by atoms with Crippen LogP contribution < -0.4 is 0 Å². The van der Waals surface area contributed by atoms with Crippen molar-refractivity contribution >= 4 is 11.9 Å². The topological polar surface area (TPSA) is 61.8 Å². The molecule has 0 aromatic rings. The average molecular weight is 739 g/mol. The van der Waals surface area contributed by atoms with Gasteiger partial charge in [0.05, 0.1) is 21.1 Å².